The molecule has 2 fully saturated rings. The zero-order valence-electron chi connectivity index (χ0n) is 18.6. The number of aliphatic hydroxyl groups excluding tert-OH is 3. The predicted molar refractivity (Wildman–Crippen MR) is 129 cm³/mol. The van der Waals surface area contributed by atoms with Crippen LogP contribution in [0.25, 0.3) is 11.2 Å². The molecule has 9 nitrogen and oxygen atoms in total. The molecular formula is C25H24ClN5O4. The Labute approximate surface area is 206 Å². The largest absolute Gasteiger partial charge is 0.394 e. The van der Waals surface area contributed by atoms with Gasteiger partial charge in [0.25, 0.3) is 0 Å². The van der Waals surface area contributed by atoms with E-state index in [4.69, 9.17) is 16.3 Å². The Morgan fingerprint density at radius 1 is 0.943 bits per heavy atom. The fourth-order valence-corrected chi connectivity index (χ4v) is 5.35. The van der Waals surface area contributed by atoms with Crippen LogP contribution in [0.15, 0.2) is 67.0 Å². The second-order valence-corrected chi connectivity index (χ2v) is 9.38. The van der Waals surface area contributed by atoms with Crippen LogP contribution in [-0.4, -0.2) is 72.8 Å². The van der Waals surface area contributed by atoms with Crippen molar-refractivity contribution in [3.8, 4) is 0 Å². The fraction of sp³-hybridized carbons (Fsp3) is 0.320. The van der Waals surface area contributed by atoms with Crippen LogP contribution in [0.1, 0.15) is 17.4 Å². The average molecular weight is 494 g/mol. The third-order valence-corrected chi connectivity index (χ3v) is 7.21. The highest BCUT2D eigenvalue weighted by molar-refractivity contribution is 6.28. The molecule has 35 heavy (non-hydrogen) atoms. The van der Waals surface area contributed by atoms with Crippen LogP contribution in [0, 0.1) is 0 Å². The number of ether oxygens (including phenoxy) is 1. The predicted octanol–water partition coefficient (Wildman–Crippen LogP) is 1.90. The first kappa shape index (κ1) is 22.4. The minimum Gasteiger partial charge on any atom is -0.394 e. The summed E-state index contributed by atoms with van der Waals surface area (Å²) in [5.74, 6) is 0.591. The summed E-state index contributed by atoms with van der Waals surface area (Å²) >= 11 is 6.33. The van der Waals surface area contributed by atoms with E-state index in [1.54, 1.807) is 0 Å². The highest BCUT2D eigenvalue weighted by Gasteiger charge is 2.48. The van der Waals surface area contributed by atoms with Crippen LogP contribution in [0.3, 0.4) is 0 Å². The highest BCUT2D eigenvalue weighted by atomic mass is 35.5. The number of nitrogens with zero attached hydrogens (tertiary/aromatic N) is 5. The molecule has 0 aliphatic carbocycles. The van der Waals surface area contributed by atoms with Crippen LogP contribution >= 0.6 is 11.6 Å². The van der Waals surface area contributed by atoms with E-state index in [9.17, 15) is 15.3 Å². The van der Waals surface area contributed by atoms with Crippen molar-refractivity contribution in [3.63, 3.8) is 0 Å². The third kappa shape index (κ3) is 3.50. The minimum atomic E-state index is -1.26. The number of rotatable bonds is 5. The van der Waals surface area contributed by atoms with E-state index in [-0.39, 0.29) is 10.7 Å². The molecule has 10 heteroatoms. The first-order chi connectivity index (χ1) is 17.0. The molecule has 6 rings (SSSR count). The number of fused-ring (bicyclic) bond motifs is 1. The molecule has 0 spiro atoms. The lowest BCUT2D eigenvalue weighted by atomic mass is 9.68. The lowest BCUT2D eigenvalue weighted by molar-refractivity contribution is -0.0511. The van der Waals surface area contributed by atoms with Crippen molar-refractivity contribution in [2.75, 3.05) is 24.6 Å². The van der Waals surface area contributed by atoms with Crippen LogP contribution in [-0.2, 0) is 10.2 Å². The smallest absolute Gasteiger partial charge is 0.226 e. The van der Waals surface area contributed by atoms with Gasteiger partial charge in [-0.1, -0.05) is 60.7 Å². The number of aromatic nitrogens is 4. The van der Waals surface area contributed by atoms with Crippen molar-refractivity contribution in [2.24, 2.45) is 0 Å². The summed E-state index contributed by atoms with van der Waals surface area (Å²) in [6.45, 7) is 0.922. The SMILES string of the molecule is OCC1O[C@@H](n2cnc3c(N4CC(c5ccccc5)(c5ccccc5)C4)nc(Cl)nc32)C(O)C1O. The van der Waals surface area contributed by atoms with Gasteiger partial charge in [-0.2, -0.15) is 9.97 Å². The first-order valence-electron chi connectivity index (χ1n) is 11.4. The van der Waals surface area contributed by atoms with E-state index < -0.39 is 31.1 Å². The van der Waals surface area contributed by atoms with Crippen molar-refractivity contribution in [1.29, 1.82) is 0 Å². The van der Waals surface area contributed by atoms with Gasteiger partial charge in [0, 0.05) is 13.1 Å². The molecule has 2 aromatic heterocycles. The molecule has 0 amide bonds. The maximum absolute atomic E-state index is 10.5. The van der Waals surface area contributed by atoms with E-state index in [0.717, 1.165) is 0 Å². The average Bonchev–Trinajstić information content (AvgIpc) is 3.40. The summed E-state index contributed by atoms with van der Waals surface area (Å²) in [4.78, 5) is 15.5. The standard InChI is InChI=1S/C25H24ClN5O4/c26-24-28-21(18-22(29-24)31(14-27-18)23-20(34)19(33)17(11-32)35-23)30-12-25(13-30,15-7-3-1-4-8-15)16-9-5-2-6-10-16/h1-10,14,17,19-20,23,32-34H,11-13H2/t17?,19?,20?,23-/m1/s1. The summed E-state index contributed by atoms with van der Waals surface area (Å²) in [6, 6.07) is 20.8. The lowest BCUT2D eigenvalue weighted by Crippen LogP contribution is -2.60. The van der Waals surface area contributed by atoms with Crippen LogP contribution in [0.2, 0.25) is 5.28 Å². The van der Waals surface area contributed by atoms with Crippen LogP contribution in [0.4, 0.5) is 5.82 Å². The summed E-state index contributed by atoms with van der Waals surface area (Å²) in [6.07, 6.45) is -2.87. The third-order valence-electron chi connectivity index (χ3n) is 7.04. The molecule has 2 saturated heterocycles. The van der Waals surface area contributed by atoms with Gasteiger partial charge in [0.05, 0.1) is 18.3 Å². The van der Waals surface area contributed by atoms with E-state index in [2.05, 4.69) is 44.1 Å². The number of anilines is 1. The number of benzene rings is 2. The molecule has 4 atom stereocenters. The number of imidazole rings is 1. The van der Waals surface area contributed by atoms with Crippen molar-refractivity contribution >= 4 is 28.6 Å². The zero-order valence-corrected chi connectivity index (χ0v) is 19.4. The fourth-order valence-electron chi connectivity index (χ4n) is 5.19. The molecule has 4 heterocycles. The molecule has 0 bridgehead atoms. The van der Waals surface area contributed by atoms with Gasteiger partial charge in [0.2, 0.25) is 5.28 Å². The summed E-state index contributed by atoms with van der Waals surface area (Å²) in [5, 5.41) is 30.2. The Balaban J connectivity index is 1.38. The number of aliphatic hydroxyl groups is 3. The van der Waals surface area contributed by atoms with Gasteiger partial charge in [0.1, 0.15) is 18.3 Å². The van der Waals surface area contributed by atoms with Gasteiger partial charge in [-0.3, -0.25) is 4.57 Å². The number of hydrogen-bond acceptors (Lipinski definition) is 8. The molecule has 180 valence electrons. The normalized spacial score (nSPS) is 25.7. The number of halogens is 1. The Kier molecular flexibility index (Phi) is 5.46. The number of hydrogen-bond donors (Lipinski definition) is 3. The second-order valence-electron chi connectivity index (χ2n) is 9.04. The van der Waals surface area contributed by atoms with Gasteiger partial charge in [-0.15, -0.1) is 0 Å². The molecule has 0 saturated carbocycles. The van der Waals surface area contributed by atoms with Crippen LogP contribution in [0.5, 0.6) is 0 Å². The lowest BCUT2D eigenvalue weighted by Gasteiger charge is -2.51. The minimum absolute atomic E-state index is 0.0397. The summed E-state index contributed by atoms with van der Waals surface area (Å²) < 4.78 is 7.20. The monoisotopic (exact) mass is 493 g/mol. The van der Waals surface area contributed by atoms with E-state index in [1.165, 1.54) is 22.0 Å². The molecule has 3 N–H and O–H groups in total. The molecule has 2 aromatic carbocycles. The van der Waals surface area contributed by atoms with Gasteiger partial charge >= 0.3 is 0 Å². The Morgan fingerprint density at radius 3 is 2.14 bits per heavy atom. The van der Waals surface area contributed by atoms with Gasteiger partial charge in [-0.25, -0.2) is 4.98 Å². The Morgan fingerprint density at radius 2 is 1.57 bits per heavy atom. The van der Waals surface area contributed by atoms with Crippen molar-refractivity contribution in [3.05, 3.63) is 83.4 Å². The maximum atomic E-state index is 10.5. The topological polar surface area (TPSA) is 117 Å². The summed E-state index contributed by atoms with van der Waals surface area (Å²) in [5.41, 5.74) is 3.12. The maximum Gasteiger partial charge on any atom is 0.226 e. The molecule has 2 aliphatic rings. The molecular weight excluding hydrogens is 470 g/mol. The van der Waals surface area contributed by atoms with Crippen molar-refractivity contribution in [1.82, 2.24) is 19.5 Å². The van der Waals surface area contributed by atoms with Gasteiger partial charge in [-0.05, 0) is 22.7 Å². The van der Waals surface area contributed by atoms with Gasteiger partial charge < -0.3 is 25.0 Å². The Hall–Kier alpha value is -3.08. The van der Waals surface area contributed by atoms with Gasteiger partial charge in [0.15, 0.2) is 23.2 Å². The summed E-state index contributed by atoms with van der Waals surface area (Å²) in [7, 11) is 0. The van der Waals surface area contributed by atoms with Crippen LogP contribution < -0.4 is 4.90 Å². The first-order valence-corrected chi connectivity index (χ1v) is 11.8. The van der Waals surface area contributed by atoms with E-state index >= 15 is 0 Å². The molecule has 0 radical (unpaired) electrons. The molecule has 3 unspecified atom stereocenters. The van der Waals surface area contributed by atoms with Crippen molar-refractivity contribution in [2.45, 2.75) is 30.0 Å². The Bertz CT molecular complexity index is 1300. The zero-order chi connectivity index (χ0) is 24.2. The van der Waals surface area contributed by atoms with E-state index in [1.807, 2.05) is 36.4 Å². The molecule has 4 aromatic rings. The molecule has 2 aliphatic heterocycles. The van der Waals surface area contributed by atoms with Crippen molar-refractivity contribution < 1.29 is 20.1 Å². The highest BCUT2D eigenvalue weighted by Crippen LogP contribution is 2.44. The second kappa shape index (κ2) is 8.54. The quantitative estimate of drug-likeness (QED) is 0.361. The van der Waals surface area contributed by atoms with E-state index in [0.29, 0.717) is 30.1 Å².